The number of carbonyl (C=O) groups excluding carboxylic acids is 2. The topological polar surface area (TPSA) is 93.2 Å². The number of hydrogen-bond acceptors (Lipinski definition) is 6. The van der Waals surface area contributed by atoms with Crippen LogP contribution in [-0.4, -0.2) is 35.3 Å². The quantitative estimate of drug-likeness (QED) is 0.803. The van der Waals surface area contributed by atoms with E-state index in [0.29, 0.717) is 5.69 Å². The number of nitrogens with one attached hydrogen (secondary N) is 1. The molecule has 0 aliphatic heterocycles. The number of hydrogen-bond donors (Lipinski definition) is 1. The van der Waals surface area contributed by atoms with Crippen molar-refractivity contribution in [1.29, 1.82) is 0 Å². The molecule has 0 saturated heterocycles. The number of thioether (sulfide) groups is 1. The summed E-state index contributed by atoms with van der Waals surface area (Å²) in [6.45, 7) is 4.51. The van der Waals surface area contributed by atoms with Gasteiger partial charge in [0.25, 0.3) is 0 Å². The van der Waals surface area contributed by atoms with Gasteiger partial charge in [-0.1, -0.05) is 11.8 Å². The summed E-state index contributed by atoms with van der Waals surface area (Å²) in [7, 11) is -3.43. The van der Waals surface area contributed by atoms with E-state index in [4.69, 9.17) is 0 Å². The molecule has 0 fully saturated rings. The average molecular weight is 316 g/mol. The number of sulfonamides is 1. The molecule has 110 valence electrons. The van der Waals surface area contributed by atoms with Gasteiger partial charge in [0.1, 0.15) is 5.69 Å². The van der Waals surface area contributed by atoms with E-state index in [9.17, 15) is 18.0 Å². The second kappa shape index (κ2) is 6.85. The zero-order valence-electron chi connectivity index (χ0n) is 11.4. The molecule has 6 nitrogen and oxygen atoms in total. The molecular weight excluding hydrogens is 300 g/mol. The van der Waals surface area contributed by atoms with E-state index in [1.54, 1.807) is 13.8 Å². The minimum absolute atomic E-state index is 0.0272. The maximum absolute atomic E-state index is 11.7. The third-order valence-electron chi connectivity index (χ3n) is 2.34. The number of carbonyl (C=O) groups is 2. The first-order valence-electron chi connectivity index (χ1n) is 5.86. The van der Waals surface area contributed by atoms with Crippen LogP contribution in [0.5, 0.6) is 0 Å². The highest BCUT2D eigenvalue weighted by atomic mass is 32.2. The molecule has 0 unspecified atom stereocenters. The number of aromatic nitrogens is 1. The summed E-state index contributed by atoms with van der Waals surface area (Å²) in [5.74, 6) is -0.247. The van der Waals surface area contributed by atoms with Crippen molar-refractivity contribution in [1.82, 2.24) is 4.98 Å². The van der Waals surface area contributed by atoms with E-state index in [-0.39, 0.29) is 22.3 Å². The molecule has 1 N–H and O–H groups in total. The van der Waals surface area contributed by atoms with Crippen molar-refractivity contribution in [3.8, 4) is 0 Å². The fraction of sp³-hybridized carbons (Fsp3) is 0.417. The van der Waals surface area contributed by atoms with Gasteiger partial charge >= 0.3 is 0 Å². The van der Waals surface area contributed by atoms with E-state index in [0.717, 1.165) is 11.8 Å². The van der Waals surface area contributed by atoms with E-state index in [1.165, 1.54) is 25.3 Å². The normalized spacial score (nSPS) is 11.4. The molecule has 1 rings (SSSR count). The molecule has 20 heavy (non-hydrogen) atoms. The lowest BCUT2D eigenvalue weighted by molar-refractivity contribution is -0.109. The summed E-state index contributed by atoms with van der Waals surface area (Å²) >= 11 is 0.912. The Morgan fingerprint density at radius 2 is 2.00 bits per heavy atom. The number of rotatable bonds is 6. The molecule has 0 aliphatic carbocycles. The van der Waals surface area contributed by atoms with Gasteiger partial charge in [-0.25, -0.2) is 8.42 Å². The molecule has 0 aromatic carbocycles. The van der Waals surface area contributed by atoms with Crippen molar-refractivity contribution in [2.45, 2.75) is 26.0 Å². The van der Waals surface area contributed by atoms with Gasteiger partial charge in [-0.15, -0.1) is 0 Å². The first-order chi connectivity index (χ1) is 9.22. The maximum atomic E-state index is 11.7. The smallest absolute Gasteiger partial charge is 0.235 e. The molecule has 0 saturated carbocycles. The van der Waals surface area contributed by atoms with Crippen LogP contribution in [0.4, 0.5) is 5.69 Å². The van der Waals surface area contributed by atoms with Crippen molar-refractivity contribution in [2.24, 2.45) is 0 Å². The second-order valence-corrected chi connectivity index (χ2v) is 7.72. The Balaban J connectivity index is 2.74. The summed E-state index contributed by atoms with van der Waals surface area (Å²) in [6.07, 6.45) is 1.28. The first kappa shape index (κ1) is 16.6. The third-order valence-corrected chi connectivity index (χ3v) is 4.91. The van der Waals surface area contributed by atoms with Crippen LogP contribution in [0.2, 0.25) is 0 Å². The van der Waals surface area contributed by atoms with Gasteiger partial charge < -0.3 is 0 Å². The summed E-state index contributed by atoms with van der Waals surface area (Å²) in [6, 6.07) is 2.90. The Kier molecular flexibility index (Phi) is 5.70. The molecule has 1 heterocycles. The Morgan fingerprint density at radius 1 is 1.35 bits per heavy atom. The van der Waals surface area contributed by atoms with E-state index < -0.39 is 15.3 Å². The monoisotopic (exact) mass is 316 g/mol. The number of nitrogens with zero attached hydrogens (tertiary/aromatic N) is 1. The Labute approximate surface area is 122 Å². The van der Waals surface area contributed by atoms with Crippen LogP contribution in [0.3, 0.4) is 0 Å². The van der Waals surface area contributed by atoms with E-state index >= 15 is 0 Å². The van der Waals surface area contributed by atoms with Crippen LogP contribution in [-0.2, 0) is 14.8 Å². The lowest BCUT2D eigenvalue weighted by atomic mass is 10.2. The minimum Gasteiger partial charge on any atom is -0.291 e. The fourth-order valence-electron chi connectivity index (χ4n) is 1.14. The Bertz CT molecular complexity index is 594. The van der Waals surface area contributed by atoms with Crippen LogP contribution < -0.4 is 4.72 Å². The minimum atomic E-state index is -3.43. The largest absolute Gasteiger partial charge is 0.291 e. The first-order valence-corrected chi connectivity index (χ1v) is 8.40. The molecule has 1 aromatic rings. The zero-order chi connectivity index (χ0) is 15.3. The highest BCUT2D eigenvalue weighted by Gasteiger charge is 2.16. The Hall–Kier alpha value is -1.41. The van der Waals surface area contributed by atoms with Gasteiger partial charge in [0.05, 0.1) is 22.9 Å². The van der Waals surface area contributed by atoms with E-state index in [2.05, 4.69) is 9.71 Å². The lowest BCUT2D eigenvalue weighted by Gasteiger charge is -2.10. The maximum Gasteiger partial charge on any atom is 0.235 e. The van der Waals surface area contributed by atoms with Crippen molar-refractivity contribution < 1.29 is 18.0 Å². The highest BCUT2D eigenvalue weighted by Crippen LogP contribution is 2.13. The third kappa shape index (κ3) is 4.93. The molecular formula is C12H16N2O4S2. The second-order valence-electron chi connectivity index (χ2n) is 4.33. The number of anilines is 1. The number of Topliss-reactive ketones (excluding diaryl/α,β-unsaturated/α-hetero) is 1. The SMILES string of the molecule is CC(=O)SCC(=O)c1ccc(NS(=O)(=O)C(C)C)cn1. The summed E-state index contributed by atoms with van der Waals surface area (Å²) in [4.78, 5) is 26.3. The Morgan fingerprint density at radius 3 is 2.45 bits per heavy atom. The van der Waals surface area contributed by atoms with E-state index in [1.807, 2.05) is 0 Å². The van der Waals surface area contributed by atoms with Gasteiger partial charge in [-0.3, -0.25) is 19.3 Å². The zero-order valence-corrected chi connectivity index (χ0v) is 13.0. The lowest BCUT2D eigenvalue weighted by Crippen LogP contribution is -2.22. The van der Waals surface area contributed by atoms with Crippen LogP contribution >= 0.6 is 11.8 Å². The molecule has 0 amide bonds. The number of pyridine rings is 1. The van der Waals surface area contributed by atoms with Gasteiger partial charge in [0, 0.05) is 6.92 Å². The van der Waals surface area contributed by atoms with Crippen molar-refractivity contribution >= 4 is 38.4 Å². The van der Waals surface area contributed by atoms with Crippen molar-refractivity contribution in [3.63, 3.8) is 0 Å². The standard InChI is InChI=1S/C12H16N2O4S2/c1-8(2)20(17,18)14-10-4-5-11(13-6-10)12(16)7-19-9(3)15/h4-6,8,14H,7H2,1-3H3. The van der Waals surface area contributed by atoms with Crippen LogP contribution in [0.1, 0.15) is 31.3 Å². The van der Waals surface area contributed by atoms with Gasteiger partial charge in [-0.05, 0) is 26.0 Å². The summed E-state index contributed by atoms with van der Waals surface area (Å²) < 4.78 is 25.7. The van der Waals surface area contributed by atoms with Crippen LogP contribution in [0.25, 0.3) is 0 Å². The van der Waals surface area contributed by atoms with Gasteiger partial charge in [0.2, 0.25) is 10.0 Å². The fourth-order valence-corrected chi connectivity index (χ4v) is 2.31. The molecule has 0 aliphatic rings. The predicted octanol–water partition coefficient (Wildman–Crippen LogP) is 1.69. The van der Waals surface area contributed by atoms with Crippen LogP contribution in [0, 0.1) is 0 Å². The molecule has 1 aromatic heterocycles. The molecule has 0 atom stereocenters. The molecule has 0 spiro atoms. The summed E-state index contributed by atoms with van der Waals surface area (Å²) in [5.41, 5.74) is 0.501. The number of ketones is 1. The van der Waals surface area contributed by atoms with Crippen molar-refractivity contribution in [3.05, 3.63) is 24.0 Å². The van der Waals surface area contributed by atoms with Crippen LogP contribution in [0.15, 0.2) is 18.3 Å². The van der Waals surface area contributed by atoms with Gasteiger partial charge in [-0.2, -0.15) is 0 Å². The predicted molar refractivity (Wildman–Crippen MR) is 79.4 cm³/mol. The highest BCUT2D eigenvalue weighted by molar-refractivity contribution is 8.14. The molecule has 8 heteroatoms. The summed E-state index contributed by atoms with van der Waals surface area (Å²) in [5, 5.41) is -0.699. The molecule has 0 radical (unpaired) electrons. The van der Waals surface area contributed by atoms with Gasteiger partial charge in [0.15, 0.2) is 10.9 Å². The molecule has 0 bridgehead atoms. The van der Waals surface area contributed by atoms with Crippen molar-refractivity contribution in [2.75, 3.05) is 10.5 Å². The average Bonchev–Trinajstić information content (AvgIpc) is 2.36.